The molecule has 0 spiro atoms. The van der Waals surface area contributed by atoms with Gasteiger partial charge in [-0.25, -0.2) is 0 Å². The van der Waals surface area contributed by atoms with Gasteiger partial charge in [-0.3, -0.25) is 0 Å². The summed E-state index contributed by atoms with van der Waals surface area (Å²) >= 11 is 0. The van der Waals surface area contributed by atoms with Gasteiger partial charge in [-0.05, 0) is 55.6 Å². The second-order valence-electron chi connectivity index (χ2n) is 7.24. The summed E-state index contributed by atoms with van der Waals surface area (Å²) in [5.74, 6) is 2.51. The summed E-state index contributed by atoms with van der Waals surface area (Å²) in [5, 5.41) is 3.87. The van der Waals surface area contributed by atoms with Crippen molar-refractivity contribution in [3.63, 3.8) is 0 Å². The van der Waals surface area contributed by atoms with Crippen LogP contribution in [0.2, 0.25) is 0 Å². The largest absolute Gasteiger partial charge is 0.310 e. The Hall–Kier alpha value is -0.820. The van der Waals surface area contributed by atoms with Crippen molar-refractivity contribution in [2.75, 3.05) is 0 Å². The molecule has 0 bridgehead atoms. The summed E-state index contributed by atoms with van der Waals surface area (Å²) < 4.78 is 0. The summed E-state index contributed by atoms with van der Waals surface area (Å²) in [4.78, 5) is 0. The molecule has 112 valence electrons. The number of hydrogen-bond acceptors (Lipinski definition) is 1. The highest BCUT2D eigenvalue weighted by Gasteiger charge is 2.30. The van der Waals surface area contributed by atoms with Gasteiger partial charge in [-0.15, -0.1) is 0 Å². The molecule has 1 aliphatic rings. The SMILES string of the molecule is Cc1ccc(C)c(CNC2CC(C)CCC2C(C)C)c1. The van der Waals surface area contributed by atoms with E-state index in [9.17, 15) is 0 Å². The highest BCUT2D eigenvalue weighted by molar-refractivity contribution is 5.30. The van der Waals surface area contributed by atoms with Crippen LogP contribution in [0.5, 0.6) is 0 Å². The molecule has 1 N–H and O–H groups in total. The van der Waals surface area contributed by atoms with Crippen molar-refractivity contribution in [2.24, 2.45) is 17.8 Å². The van der Waals surface area contributed by atoms with Crippen LogP contribution in [0, 0.1) is 31.6 Å². The zero-order valence-corrected chi connectivity index (χ0v) is 13.9. The molecule has 1 aromatic rings. The molecular weight excluding hydrogens is 242 g/mol. The Morgan fingerprint density at radius 2 is 1.95 bits per heavy atom. The van der Waals surface area contributed by atoms with Gasteiger partial charge in [0.1, 0.15) is 0 Å². The minimum absolute atomic E-state index is 0.693. The Balaban J connectivity index is 2.01. The van der Waals surface area contributed by atoms with Crippen LogP contribution in [-0.2, 0) is 6.54 Å². The molecule has 3 unspecified atom stereocenters. The van der Waals surface area contributed by atoms with Crippen LogP contribution in [0.4, 0.5) is 0 Å². The highest BCUT2D eigenvalue weighted by atomic mass is 14.9. The second-order valence-corrected chi connectivity index (χ2v) is 7.24. The Morgan fingerprint density at radius 3 is 2.65 bits per heavy atom. The van der Waals surface area contributed by atoms with E-state index in [-0.39, 0.29) is 0 Å². The van der Waals surface area contributed by atoms with E-state index in [2.05, 4.69) is 58.1 Å². The first-order valence-electron chi connectivity index (χ1n) is 8.27. The summed E-state index contributed by atoms with van der Waals surface area (Å²) in [7, 11) is 0. The highest BCUT2D eigenvalue weighted by Crippen LogP contribution is 2.33. The lowest BCUT2D eigenvalue weighted by Gasteiger charge is -2.38. The normalized spacial score (nSPS) is 27.0. The lowest BCUT2D eigenvalue weighted by Crippen LogP contribution is -2.42. The van der Waals surface area contributed by atoms with Crippen molar-refractivity contribution in [1.29, 1.82) is 0 Å². The predicted octanol–water partition coefficient (Wildman–Crippen LogP) is 4.85. The van der Waals surface area contributed by atoms with E-state index in [4.69, 9.17) is 0 Å². The van der Waals surface area contributed by atoms with Gasteiger partial charge in [0.05, 0.1) is 0 Å². The molecule has 1 aliphatic carbocycles. The molecule has 1 saturated carbocycles. The average Bonchev–Trinajstić information content (AvgIpc) is 2.39. The van der Waals surface area contributed by atoms with Gasteiger partial charge in [0.2, 0.25) is 0 Å². The third kappa shape index (κ3) is 3.85. The van der Waals surface area contributed by atoms with Crippen molar-refractivity contribution in [1.82, 2.24) is 5.32 Å². The van der Waals surface area contributed by atoms with Crippen molar-refractivity contribution >= 4 is 0 Å². The summed E-state index contributed by atoms with van der Waals surface area (Å²) in [5.41, 5.74) is 4.24. The van der Waals surface area contributed by atoms with E-state index >= 15 is 0 Å². The maximum absolute atomic E-state index is 3.87. The molecule has 0 aromatic heterocycles. The van der Waals surface area contributed by atoms with Crippen LogP contribution in [-0.4, -0.2) is 6.04 Å². The first kappa shape index (κ1) is 15.6. The Labute approximate surface area is 125 Å². The third-order valence-corrected chi connectivity index (χ3v) is 5.08. The van der Waals surface area contributed by atoms with Crippen LogP contribution >= 0.6 is 0 Å². The van der Waals surface area contributed by atoms with Crippen molar-refractivity contribution in [3.05, 3.63) is 34.9 Å². The number of nitrogens with one attached hydrogen (secondary N) is 1. The lowest BCUT2D eigenvalue weighted by molar-refractivity contribution is 0.169. The molecule has 0 saturated heterocycles. The average molecular weight is 273 g/mol. The molecule has 1 fully saturated rings. The molecule has 1 nitrogen and oxygen atoms in total. The topological polar surface area (TPSA) is 12.0 Å². The quantitative estimate of drug-likeness (QED) is 0.826. The minimum atomic E-state index is 0.693. The van der Waals surface area contributed by atoms with Gasteiger partial charge in [-0.2, -0.15) is 0 Å². The third-order valence-electron chi connectivity index (χ3n) is 5.08. The maximum atomic E-state index is 3.87. The van der Waals surface area contributed by atoms with E-state index in [1.807, 2.05) is 0 Å². The number of aryl methyl sites for hydroxylation is 2. The fourth-order valence-electron chi connectivity index (χ4n) is 3.67. The summed E-state index contributed by atoms with van der Waals surface area (Å²) in [6, 6.07) is 7.48. The fourth-order valence-corrected chi connectivity index (χ4v) is 3.67. The maximum Gasteiger partial charge on any atom is 0.0210 e. The molecule has 3 atom stereocenters. The van der Waals surface area contributed by atoms with Gasteiger partial charge in [-0.1, -0.05) is 51.0 Å². The van der Waals surface area contributed by atoms with Gasteiger partial charge in [0, 0.05) is 12.6 Å². The molecule has 1 aromatic carbocycles. The second kappa shape index (κ2) is 6.76. The number of benzene rings is 1. The van der Waals surface area contributed by atoms with Gasteiger partial charge < -0.3 is 5.32 Å². The van der Waals surface area contributed by atoms with E-state index in [1.165, 1.54) is 36.0 Å². The van der Waals surface area contributed by atoms with Crippen LogP contribution in [0.25, 0.3) is 0 Å². The zero-order chi connectivity index (χ0) is 14.7. The molecule has 0 amide bonds. The van der Waals surface area contributed by atoms with Crippen LogP contribution in [0.3, 0.4) is 0 Å². The Kier molecular flexibility index (Phi) is 5.26. The Bertz CT molecular complexity index is 435. The predicted molar refractivity (Wildman–Crippen MR) is 87.9 cm³/mol. The van der Waals surface area contributed by atoms with E-state index in [0.717, 1.165) is 24.3 Å². The monoisotopic (exact) mass is 273 g/mol. The fraction of sp³-hybridized carbons (Fsp3) is 0.684. The summed E-state index contributed by atoms with van der Waals surface area (Å²) in [6.45, 7) is 12.6. The molecule has 1 heteroatoms. The van der Waals surface area contributed by atoms with Crippen LogP contribution in [0.15, 0.2) is 18.2 Å². The molecular formula is C19H31N. The van der Waals surface area contributed by atoms with Crippen molar-refractivity contribution in [2.45, 2.75) is 66.5 Å². The zero-order valence-electron chi connectivity index (χ0n) is 13.9. The van der Waals surface area contributed by atoms with Crippen LogP contribution in [0.1, 0.15) is 56.7 Å². The van der Waals surface area contributed by atoms with Crippen molar-refractivity contribution < 1.29 is 0 Å². The lowest BCUT2D eigenvalue weighted by atomic mass is 9.74. The minimum Gasteiger partial charge on any atom is -0.310 e. The number of hydrogen-bond donors (Lipinski definition) is 1. The first-order chi connectivity index (χ1) is 9.47. The standard InChI is InChI=1S/C19H31N/c1-13(2)18-9-7-15(4)11-19(18)20-12-17-10-14(3)6-8-16(17)5/h6,8,10,13,15,18-20H,7,9,11-12H2,1-5H3. The number of rotatable bonds is 4. The molecule has 0 radical (unpaired) electrons. The van der Waals surface area contributed by atoms with E-state index < -0.39 is 0 Å². The van der Waals surface area contributed by atoms with Gasteiger partial charge in [0.15, 0.2) is 0 Å². The van der Waals surface area contributed by atoms with Crippen molar-refractivity contribution in [3.8, 4) is 0 Å². The molecule has 2 rings (SSSR count). The van der Waals surface area contributed by atoms with Crippen LogP contribution < -0.4 is 5.32 Å². The molecule has 0 heterocycles. The smallest absolute Gasteiger partial charge is 0.0210 e. The van der Waals surface area contributed by atoms with Gasteiger partial charge in [0.25, 0.3) is 0 Å². The van der Waals surface area contributed by atoms with E-state index in [1.54, 1.807) is 0 Å². The molecule has 0 aliphatic heterocycles. The summed E-state index contributed by atoms with van der Waals surface area (Å²) in [6.07, 6.45) is 4.14. The van der Waals surface area contributed by atoms with Gasteiger partial charge >= 0.3 is 0 Å². The van der Waals surface area contributed by atoms with E-state index in [0.29, 0.717) is 6.04 Å². The molecule has 20 heavy (non-hydrogen) atoms. The first-order valence-corrected chi connectivity index (χ1v) is 8.27. The Morgan fingerprint density at radius 1 is 1.20 bits per heavy atom.